The van der Waals surface area contributed by atoms with E-state index < -0.39 is 0 Å². The average molecular weight is 291 g/mol. The Morgan fingerprint density at radius 3 is 2.57 bits per heavy atom. The molecule has 0 aromatic carbocycles. The second-order valence-electron chi connectivity index (χ2n) is 6.62. The molecule has 2 fully saturated rings. The van der Waals surface area contributed by atoms with Crippen LogP contribution in [0.3, 0.4) is 0 Å². The molecule has 0 amide bonds. The van der Waals surface area contributed by atoms with Gasteiger partial charge in [0.25, 0.3) is 0 Å². The van der Waals surface area contributed by atoms with Crippen LogP contribution in [0.15, 0.2) is 18.3 Å². The molecule has 2 saturated heterocycles. The lowest BCUT2D eigenvalue weighted by Gasteiger charge is -2.32. The van der Waals surface area contributed by atoms with Crippen molar-refractivity contribution in [2.45, 2.75) is 51.4 Å². The average Bonchev–Trinajstić information content (AvgIpc) is 2.97. The molecule has 3 rings (SSSR count). The standard InChI is InChI=1S/C15H22BNO4/c1-14(2)15(3,4)21-16(20-14)11-5-7-17-13(9-11)19-12-6-8-18-10-12/h5,7,9,12H,6,8,10H2,1-4H3/t12-/m0/s1. The lowest BCUT2D eigenvalue weighted by atomic mass is 9.80. The zero-order valence-corrected chi connectivity index (χ0v) is 13.1. The molecule has 3 heterocycles. The van der Waals surface area contributed by atoms with E-state index in [9.17, 15) is 0 Å². The predicted molar refractivity (Wildman–Crippen MR) is 79.8 cm³/mol. The van der Waals surface area contributed by atoms with Crippen molar-refractivity contribution in [3.05, 3.63) is 18.3 Å². The Bertz CT molecular complexity index is 498. The highest BCUT2D eigenvalue weighted by molar-refractivity contribution is 6.62. The molecule has 0 N–H and O–H groups in total. The molecule has 0 radical (unpaired) electrons. The van der Waals surface area contributed by atoms with E-state index in [-0.39, 0.29) is 24.4 Å². The van der Waals surface area contributed by atoms with Gasteiger partial charge in [-0.3, -0.25) is 0 Å². The van der Waals surface area contributed by atoms with Crippen LogP contribution in [0.4, 0.5) is 0 Å². The molecule has 2 aliphatic heterocycles. The highest BCUT2D eigenvalue weighted by Crippen LogP contribution is 2.36. The van der Waals surface area contributed by atoms with Crippen LogP contribution < -0.4 is 10.2 Å². The Morgan fingerprint density at radius 2 is 1.95 bits per heavy atom. The fourth-order valence-corrected chi connectivity index (χ4v) is 2.39. The van der Waals surface area contributed by atoms with Gasteiger partial charge in [0.15, 0.2) is 0 Å². The van der Waals surface area contributed by atoms with Crippen molar-refractivity contribution < 1.29 is 18.8 Å². The molecule has 2 aliphatic rings. The van der Waals surface area contributed by atoms with Crippen LogP contribution in [-0.4, -0.2) is 42.6 Å². The van der Waals surface area contributed by atoms with Gasteiger partial charge < -0.3 is 18.8 Å². The molecular weight excluding hydrogens is 269 g/mol. The van der Waals surface area contributed by atoms with Crippen molar-refractivity contribution in [2.75, 3.05) is 13.2 Å². The summed E-state index contributed by atoms with van der Waals surface area (Å²) in [5.74, 6) is 0.595. The van der Waals surface area contributed by atoms with Crippen LogP contribution in [0.2, 0.25) is 0 Å². The third-order valence-corrected chi connectivity index (χ3v) is 4.46. The van der Waals surface area contributed by atoms with E-state index in [1.165, 1.54) is 0 Å². The Morgan fingerprint density at radius 1 is 1.24 bits per heavy atom. The van der Waals surface area contributed by atoms with E-state index in [0.717, 1.165) is 18.5 Å². The largest absolute Gasteiger partial charge is 0.495 e. The number of hydrogen-bond acceptors (Lipinski definition) is 5. The topological polar surface area (TPSA) is 49.8 Å². The number of aromatic nitrogens is 1. The zero-order chi connectivity index (χ0) is 15.1. The zero-order valence-electron chi connectivity index (χ0n) is 13.1. The number of rotatable bonds is 3. The Hall–Kier alpha value is -1.11. The summed E-state index contributed by atoms with van der Waals surface area (Å²) in [5, 5.41) is 0. The lowest BCUT2D eigenvalue weighted by molar-refractivity contribution is 0.00578. The van der Waals surface area contributed by atoms with Crippen molar-refractivity contribution in [1.82, 2.24) is 4.98 Å². The summed E-state index contributed by atoms with van der Waals surface area (Å²) in [5.41, 5.74) is 0.236. The van der Waals surface area contributed by atoms with Gasteiger partial charge in [-0.1, -0.05) is 0 Å². The first-order valence-corrected chi connectivity index (χ1v) is 7.43. The smallest absolute Gasteiger partial charge is 0.472 e. The maximum atomic E-state index is 6.04. The maximum absolute atomic E-state index is 6.04. The minimum atomic E-state index is -0.389. The van der Waals surface area contributed by atoms with Crippen molar-refractivity contribution in [3.63, 3.8) is 0 Å². The van der Waals surface area contributed by atoms with Crippen LogP contribution in [0.1, 0.15) is 34.1 Å². The Kier molecular flexibility index (Phi) is 3.72. The van der Waals surface area contributed by atoms with Gasteiger partial charge in [0, 0.05) is 18.7 Å². The molecule has 6 heteroatoms. The molecule has 5 nitrogen and oxygen atoms in total. The van der Waals surface area contributed by atoms with Crippen LogP contribution in [0, 0.1) is 0 Å². The molecular formula is C15H22BNO4. The second-order valence-corrected chi connectivity index (χ2v) is 6.62. The summed E-state index contributed by atoms with van der Waals surface area (Å²) in [6, 6.07) is 3.79. The summed E-state index contributed by atoms with van der Waals surface area (Å²) in [6.07, 6.45) is 2.72. The van der Waals surface area contributed by atoms with Gasteiger partial charge in [0.1, 0.15) is 6.10 Å². The first kappa shape index (κ1) is 14.8. The molecule has 1 atom stereocenters. The van der Waals surface area contributed by atoms with Crippen LogP contribution in [-0.2, 0) is 14.0 Å². The number of pyridine rings is 1. The minimum Gasteiger partial charge on any atom is -0.472 e. The molecule has 0 spiro atoms. The Labute approximate surface area is 126 Å². The normalized spacial score (nSPS) is 27.0. The van der Waals surface area contributed by atoms with E-state index in [1.807, 2.05) is 39.8 Å². The maximum Gasteiger partial charge on any atom is 0.495 e. The van der Waals surface area contributed by atoms with Crippen LogP contribution in [0.25, 0.3) is 0 Å². The van der Waals surface area contributed by atoms with E-state index in [4.69, 9.17) is 18.8 Å². The lowest BCUT2D eigenvalue weighted by Crippen LogP contribution is -2.41. The third-order valence-electron chi connectivity index (χ3n) is 4.46. The van der Waals surface area contributed by atoms with Crippen molar-refractivity contribution in [3.8, 4) is 5.88 Å². The molecule has 0 saturated carbocycles. The first-order chi connectivity index (χ1) is 9.87. The van der Waals surface area contributed by atoms with E-state index in [0.29, 0.717) is 12.5 Å². The molecule has 21 heavy (non-hydrogen) atoms. The summed E-state index contributed by atoms with van der Waals surface area (Å²) < 4.78 is 23.2. The fraction of sp³-hybridized carbons (Fsp3) is 0.667. The summed E-state index contributed by atoms with van der Waals surface area (Å²) >= 11 is 0. The van der Waals surface area contributed by atoms with E-state index >= 15 is 0 Å². The van der Waals surface area contributed by atoms with Crippen LogP contribution in [0.5, 0.6) is 5.88 Å². The number of nitrogens with zero attached hydrogens (tertiary/aromatic N) is 1. The summed E-state index contributed by atoms with van der Waals surface area (Å²) in [4.78, 5) is 4.26. The molecule has 1 aromatic rings. The highest BCUT2D eigenvalue weighted by Gasteiger charge is 2.51. The predicted octanol–water partition coefficient (Wildman–Crippen LogP) is 1.55. The van der Waals surface area contributed by atoms with Gasteiger partial charge in [-0.15, -0.1) is 0 Å². The number of hydrogen-bond donors (Lipinski definition) is 0. The summed E-state index contributed by atoms with van der Waals surface area (Å²) in [7, 11) is -0.389. The van der Waals surface area contributed by atoms with E-state index in [2.05, 4.69) is 4.98 Å². The number of ether oxygens (including phenoxy) is 2. The van der Waals surface area contributed by atoms with Crippen LogP contribution >= 0.6 is 0 Å². The fourth-order valence-electron chi connectivity index (χ4n) is 2.39. The minimum absolute atomic E-state index is 0.0889. The van der Waals surface area contributed by atoms with E-state index in [1.54, 1.807) is 6.20 Å². The van der Waals surface area contributed by atoms with Gasteiger partial charge in [0.05, 0.1) is 24.4 Å². The first-order valence-electron chi connectivity index (χ1n) is 7.43. The third kappa shape index (κ3) is 2.93. The van der Waals surface area contributed by atoms with Gasteiger partial charge in [0.2, 0.25) is 5.88 Å². The SMILES string of the molecule is CC1(C)OB(c2ccnc(O[C@H]3CCOC3)c2)OC1(C)C. The molecule has 0 unspecified atom stereocenters. The molecule has 0 aliphatic carbocycles. The molecule has 0 bridgehead atoms. The van der Waals surface area contributed by atoms with Gasteiger partial charge >= 0.3 is 7.12 Å². The second kappa shape index (κ2) is 5.27. The van der Waals surface area contributed by atoms with Gasteiger partial charge in [-0.2, -0.15) is 0 Å². The molecule has 1 aromatic heterocycles. The molecule has 114 valence electrons. The summed E-state index contributed by atoms with van der Waals surface area (Å²) in [6.45, 7) is 9.55. The van der Waals surface area contributed by atoms with Crippen molar-refractivity contribution in [2.24, 2.45) is 0 Å². The monoisotopic (exact) mass is 291 g/mol. The Balaban J connectivity index is 1.74. The van der Waals surface area contributed by atoms with Crippen molar-refractivity contribution >= 4 is 12.6 Å². The van der Waals surface area contributed by atoms with Gasteiger partial charge in [-0.05, 0) is 39.2 Å². The van der Waals surface area contributed by atoms with Crippen molar-refractivity contribution in [1.29, 1.82) is 0 Å². The van der Waals surface area contributed by atoms with Gasteiger partial charge in [-0.25, -0.2) is 4.98 Å². The quantitative estimate of drug-likeness (QED) is 0.791. The highest BCUT2D eigenvalue weighted by atomic mass is 16.7.